The highest BCUT2D eigenvalue weighted by Gasteiger charge is 2.18. The number of hydrogen-bond acceptors (Lipinski definition) is 5. The molecular formula is C30H38N2O4. The number of esters is 1. The van der Waals surface area contributed by atoms with Crippen LogP contribution in [0.15, 0.2) is 72.8 Å². The Balaban J connectivity index is 0.000000482. The molecule has 0 saturated carbocycles. The van der Waals surface area contributed by atoms with Gasteiger partial charge in [-0.05, 0) is 79.6 Å². The molecule has 3 aromatic rings. The summed E-state index contributed by atoms with van der Waals surface area (Å²) in [5.41, 5.74) is 10.4. The van der Waals surface area contributed by atoms with E-state index in [-0.39, 0.29) is 11.7 Å². The Kier molecular flexibility index (Phi) is 12.0. The Morgan fingerprint density at radius 1 is 0.944 bits per heavy atom. The van der Waals surface area contributed by atoms with E-state index in [0.29, 0.717) is 24.3 Å². The number of carbonyl (C=O) groups is 2. The smallest absolute Gasteiger partial charge is 0.328 e. The molecule has 36 heavy (non-hydrogen) atoms. The molecule has 6 heteroatoms. The number of nitrogens with one attached hydrogen (secondary N) is 1. The third-order valence-corrected chi connectivity index (χ3v) is 5.72. The van der Waals surface area contributed by atoms with Gasteiger partial charge in [-0.2, -0.15) is 0 Å². The van der Waals surface area contributed by atoms with Crippen molar-refractivity contribution in [3.05, 3.63) is 95.1 Å². The summed E-state index contributed by atoms with van der Waals surface area (Å²) in [4.78, 5) is 24.4. The molecule has 0 aliphatic heterocycles. The zero-order chi connectivity index (χ0) is 26.3. The maximum atomic E-state index is 12.5. The fourth-order valence-corrected chi connectivity index (χ4v) is 3.40. The number of amides is 1. The third-order valence-electron chi connectivity index (χ3n) is 5.72. The Morgan fingerprint density at radius 2 is 1.64 bits per heavy atom. The van der Waals surface area contributed by atoms with Crippen LogP contribution in [0.3, 0.4) is 0 Å². The van der Waals surface area contributed by atoms with Gasteiger partial charge in [-0.25, -0.2) is 4.79 Å². The highest BCUT2D eigenvalue weighted by atomic mass is 16.5. The Hall–Kier alpha value is -3.80. The second-order valence-corrected chi connectivity index (χ2v) is 8.64. The van der Waals surface area contributed by atoms with Crippen LogP contribution in [0.4, 0.5) is 5.69 Å². The lowest BCUT2D eigenvalue weighted by Gasteiger charge is -2.14. The van der Waals surface area contributed by atoms with Crippen LogP contribution in [-0.2, 0) is 28.8 Å². The fraction of sp³-hybridized carbons (Fsp3) is 0.333. The summed E-state index contributed by atoms with van der Waals surface area (Å²) in [6, 6.07) is 21.8. The van der Waals surface area contributed by atoms with Gasteiger partial charge in [0.25, 0.3) is 5.91 Å². The van der Waals surface area contributed by atoms with Crippen LogP contribution < -0.4 is 11.1 Å². The number of ether oxygens (including phenoxy) is 1. The number of rotatable bonds is 10. The van der Waals surface area contributed by atoms with Gasteiger partial charge in [0.05, 0.1) is 6.61 Å². The first-order valence-electron chi connectivity index (χ1n) is 12.5. The van der Waals surface area contributed by atoms with Gasteiger partial charge in [-0.15, -0.1) is 0 Å². The van der Waals surface area contributed by atoms with E-state index in [4.69, 9.17) is 10.5 Å². The zero-order valence-electron chi connectivity index (χ0n) is 21.5. The second kappa shape index (κ2) is 15.2. The monoisotopic (exact) mass is 490 g/mol. The van der Waals surface area contributed by atoms with E-state index in [1.807, 2.05) is 25.1 Å². The summed E-state index contributed by atoms with van der Waals surface area (Å²) in [5.74, 6) is -0.556. The van der Waals surface area contributed by atoms with Crippen molar-refractivity contribution in [1.29, 1.82) is 0 Å². The molecule has 6 nitrogen and oxygen atoms in total. The molecule has 3 rings (SSSR count). The van der Waals surface area contributed by atoms with Crippen molar-refractivity contribution in [2.45, 2.75) is 58.9 Å². The van der Waals surface area contributed by atoms with E-state index in [1.165, 1.54) is 5.56 Å². The first-order chi connectivity index (χ1) is 17.3. The molecule has 1 unspecified atom stereocenters. The average molecular weight is 491 g/mol. The Morgan fingerprint density at radius 3 is 2.25 bits per heavy atom. The van der Waals surface area contributed by atoms with Gasteiger partial charge < -0.3 is 20.9 Å². The predicted molar refractivity (Wildman–Crippen MR) is 145 cm³/mol. The summed E-state index contributed by atoms with van der Waals surface area (Å²) in [6.45, 7) is 6.14. The Labute approximate surface area is 214 Å². The van der Waals surface area contributed by atoms with E-state index >= 15 is 0 Å². The molecule has 3 aromatic carbocycles. The molecule has 0 aromatic heterocycles. The number of hydrogen-bond donors (Lipinski definition) is 3. The largest absolute Gasteiger partial charge is 0.508 e. The van der Waals surface area contributed by atoms with Gasteiger partial charge in [0.1, 0.15) is 11.8 Å². The summed E-state index contributed by atoms with van der Waals surface area (Å²) >= 11 is 0. The second-order valence-electron chi connectivity index (χ2n) is 8.64. The number of phenolic OH excluding ortho intramolecular Hbond substituents is 1. The number of aryl methyl sites for hydroxylation is 3. The number of carbonyl (C=O) groups excluding carboxylic acids is 2. The standard InChI is InChI=1S/C22H28N2O4.C8H10/c1-3-4-13-28-22(27)15(2)24-21(26)18-9-12-20(23)17(14-18)8-5-16-6-10-19(25)11-7-16;1-2-8-6-4-3-5-7-8/h6-7,9-12,14-15,25H,3-5,8,13,23H2,1-2H3,(H,24,26);3-7H,2H2,1H3. The Bertz CT molecular complexity index is 1080. The molecule has 1 atom stereocenters. The fourth-order valence-electron chi connectivity index (χ4n) is 3.40. The number of aromatic hydroxyl groups is 1. The molecule has 0 saturated heterocycles. The van der Waals surface area contributed by atoms with Crippen LogP contribution in [0.25, 0.3) is 0 Å². The lowest BCUT2D eigenvalue weighted by Crippen LogP contribution is -2.39. The van der Waals surface area contributed by atoms with E-state index in [2.05, 4.69) is 36.5 Å². The zero-order valence-corrected chi connectivity index (χ0v) is 21.5. The quantitative estimate of drug-likeness (QED) is 0.199. The van der Waals surface area contributed by atoms with Crippen LogP contribution in [0.2, 0.25) is 0 Å². The topological polar surface area (TPSA) is 102 Å². The molecule has 0 heterocycles. The summed E-state index contributed by atoms with van der Waals surface area (Å²) < 4.78 is 5.13. The summed E-state index contributed by atoms with van der Waals surface area (Å²) in [5, 5.41) is 12.0. The van der Waals surface area contributed by atoms with Gasteiger partial charge >= 0.3 is 5.97 Å². The normalized spacial score (nSPS) is 11.1. The van der Waals surface area contributed by atoms with Gasteiger partial charge in [0.2, 0.25) is 0 Å². The molecule has 0 radical (unpaired) electrons. The van der Waals surface area contributed by atoms with Gasteiger partial charge in [-0.1, -0.05) is 62.7 Å². The molecular weight excluding hydrogens is 452 g/mol. The first kappa shape index (κ1) is 28.4. The summed E-state index contributed by atoms with van der Waals surface area (Å²) in [7, 11) is 0. The highest BCUT2D eigenvalue weighted by Crippen LogP contribution is 2.18. The van der Waals surface area contributed by atoms with Crippen LogP contribution >= 0.6 is 0 Å². The van der Waals surface area contributed by atoms with Crippen molar-refractivity contribution in [3.63, 3.8) is 0 Å². The van der Waals surface area contributed by atoms with E-state index < -0.39 is 12.0 Å². The highest BCUT2D eigenvalue weighted by molar-refractivity contribution is 5.97. The molecule has 0 aliphatic carbocycles. The van der Waals surface area contributed by atoms with Crippen molar-refractivity contribution >= 4 is 17.6 Å². The molecule has 0 bridgehead atoms. The SMILES string of the molecule is CCCCOC(=O)C(C)NC(=O)c1ccc(N)c(CCc2ccc(O)cc2)c1.CCc1ccccc1. The van der Waals surface area contributed by atoms with Crippen molar-refractivity contribution in [1.82, 2.24) is 5.32 Å². The predicted octanol–water partition coefficient (Wildman–Crippen LogP) is 5.47. The van der Waals surface area contributed by atoms with Crippen LogP contribution in [-0.4, -0.2) is 29.6 Å². The molecule has 0 spiro atoms. The van der Waals surface area contributed by atoms with Crippen LogP contribution in [0, 0.1) is 0 Å². The molecule has 1 amide bonds. The van der Waals surface area contributed by atoms with Crippen molar-refractivity contribution in [2.24, 2.45) is 0 Å². The molecule has 0 fully saturated rings. The summed E-state index contributed by atoms with van der Waals surface area (Å²) in [6.07, 6.45) is 4.27. The van der Waals surface area contributed by atoms with E-state index in [0.717, 1.165) is 36.8 Å². The van der Waals surface area contributed by atoms with Crippen molar-refractivity contribution in [3.8, 4) is 5.75 Å². The minimum atomic E-state index is -0.720. The molecule has 192 valence electrons. The molecule has 4 N–H and O–H groups in total. The van der Waals surface area contributed by atoms with E-state index in [9.17, 15) is 14.7 Å². The number of phenols is 1. The maximum absolute atomic E-state index is 12.5. The third kappa shape index (κ3) is 9.82. The van der Waals surface area contributed by atoms with Gasteiger partial charge in [0, 0.05) is 11.3 Å². The van der Waals surface area contributed by atoms with Crippen molar-refractivity contribution in [2.75, 3.05) is 12.3 Å². The van der Waals surface area contributed by atoms with Crippen molar-refractivity contribution < 1.29 is 19.4 Å². The lowest BCUT2D eigenvalue weighted by atomic mass is 10.0. The minimum absolute atomic E-state index is 0.226. The number of benzene rings is 3. The van der Waals surface area contributed by atoms with Crippen LogP contribution in [0.5, 0.6) is 5.75 Å². The number of nitrogen functional groups attached to an aromatic ring is 1. The number of nitrogens with two attached hydrogens (primary N) is 1. The van der Waals surface area contributed by atoms with E-state index in [1.54, 1.807) is 37.3 Å². The first-order valence-corrected chi connectivity index (χ1v) is 12.5. The number of anilines is 1. The van der Waals surface area contributed by atoms with Gasteiger partial charge in [0.15, 0.2) is 0 Å². The minimum Gasteiger partial charge on any atom is -0.508 e. The number of unbranched alkanes of at least 4 members (excludes halogenated alkanes) is 1. The molecule has 0 aliphatic rings. The van der Waals surface area contributed by atoms with Crippen LogP contribution in [0.1, 0.15) is 60.7 Å². The van der Waals surface area contributed by atoms with Gasteiger partial charge in [-0.3, -0.25) is 4.79 Å². The average Bonchev–Trinajstić information content (AvgIpc) is 2.90. The maximum Gasteiger partial charge on any atom is 0.328 e. The lowest BCUT2D eigenvalue weighted by molar-refractivity contribution is -0.145.